The molecule has 0 heterocycles. The molecular weight excluding hydrogens is 232 g/mol. The number of carbonyl (C=O) groups is 1. The largest absolute Gasteiger partial charge is 0.491 e. The second-order valence-electron chi connectivity index (χ2n) is 3.99. The van der Waals surface area contributed by atoms with Crippen LogP contribution in [0.3, 0.4) is 0 Å². The van der Waals surface area contributed by atoms with E-state index in [1.54, 1.807) is 7.05 Å². The first-order valence-corrected chi connectivity index (χ1v) is 5.93. The zero-order valence-electron chi connectivity index (χ0n) is 10.8. The maximum atomic E-state index is 11.5. The van der Waals surface area contributed by atoms with Crippen molar-refractivity contribution in [2.45, 2.75) is 6.92 Å². The number of aryl methyl sites for hydroxylation is 1. The SMILES string of the molecule is Cc1ccccc1OCCNC(=O)N(C)CCO. The third-order valence-corrected chi connectivity index (χ3v) is 2.51. The van der Waals surface area contributed by atoms with Gasteiger partial charge in [0.1, 0.15) is 12.4 Å². The molecule has 1 aromatic carbocycles. The van der Waals surface area contributed by atoms with E-state index < -0.39 is 0 Å². The number of rotatable bonds is 6. The summed E-state index contributed by atoms with van der Waals surface area (Å²) in [4.78, 5) is 12.9. The zero-order valence-corrected chi connectivity index (χ0v) is 10.8. The molecule has 0 aromatic heterocycles. The number of aliphatic hydroxyl groups is 1. The number of para-hydroxylation sites is 1. The predicted octanol–water partition coefficient (Wildman–Crippen LogP) is 1.01. The highest BCUT2D eigenvalue weighted by atomic mass is 16.5. The van der Waals surface area contributed by atoms with Crippen LogP contribution in [0.2, 0.25) is 0 Å². The molecule has 0 atom stereocenters. The van der Waals surface area contributed by atoms with Crippen LogP contribution in [0, 0.1) is 6.92 Å². The number of ether oxygens (including phenoxy) is 1. The Morgan fingerprint density at radius 3 is 2.83 bits per heavy atom. The van der Waals surface area contributed by atoms with Gasteiger partial charge in [-0.25, -0.2) is 4.79 Å². The van der Waals surface area contributed by atoms with Crippen LogP contribution in [0.5, 0.6) is 5.75 Å². The van der Waals surface area contributed by atoms with E-state index in [-0.39, 0.29) is 12.6 Å². The van der Waals surface area contributed by atoms with Crippen LogP contribution in [0.25, 0.3) is 0 Å². The Labute approximate surface area is 107 Å². The summed E-state index contributed by atoms with van der Waals surface area (Å²) in [7, 11) is 1.63. The molecule has 0 radical (unpaired) electrons. The molecule has 1 aromatic rings. The van der Waals surface area contributed by atoms with Crippen molar-refractivity contribution in [1.29, 1.82) is 0 Å². The molecule has 0 bridgehead atoms. The maximum absolute atomic E-state index is 11.5. The van der Waals surface area contributed by atoms with E-state index in [0.29, 0.717) is 19.7 Å². The van der Waals surface area contributed by atoms with E-state index in [9.17, 15) is 4.79 Å². The lowest BCUT2D eigenvalue weighted by molar-refractivity contribution is 0.188. The Kier molecular flexibility index (Phi) is 6.00. The summed E-state index contributed by atoms with van der Waals surface area (Å²) >= 11 is 0. The van der Waals surface area contributed by atoms with Crippen molar-refractivity contribution in [2.24, 2.45) is 0 Å². The van der Waals surface area contributed by atoms with Gasteiger partial charge >= 0.3 is 6.03 Å². The zero-order chi connectivity index (χ0) is 13.4. The molecule has 100 valence electrons. The first-order chi connectivity index (χ1) is 8.65. The molecule has 0 aliphatic carbocycles. The standard InChI is InChI=1S/C13H20N2O3/c1-11-5-3-4-6-12(11)18-10-7-14-13(17)15(2)8-9-16/h3-6,16H,7-10H2,1-2H3,(H,14,17). The molecule has 5 heteroatoms. The minimum atomic E-state index is -0.211. The van der Waals surface area contributed by atoms with Crippen molar-refractivity contribution in [3.8, 4) is 5.75 Å². The number of nitrogens with zero attached hydrogens (tertiary/aromatic N) is 1. The van der Waals surface area contributed by atoms with Crippen LogP contribution in [0.1, 0.15) is 5.56 Å². The number of nitrogens with one attached hydrogen (secondary N) is 1. The minimum absolute atomic E-state index is 0.0381. The van der Waals surface area contributed by atoms with Gasteiger partial charge in [0.15, 0.2) is 0 Å². The fourth-order valence-electron chi connectivity index (χ4n) is 1.42. The summed E-state index contributed by atoms with van der Waals surface area (Å²) in [6.45, 7) is 3.11. The van der Waals surface area contributed by atoms with Gasteiger partial charge in [0.25, 0.3) is 0 Å². The van der Waals surface area contributed by atoms with Gasteiger partial charge in [-0.05, 0) is 18.6 Å². The van der Waals surface area contributed by atoms with Crippen LogP contribution in [-0.2, 0) is 0 Å². The van der Waals surface area contributed by atoms with E-state index in [0.717, 1.165) is 11.3 Å². The van der Waals surface area contributed by atoms with Crippen LogP contribution < -0.4 is 10.1 Å². The van der Waals surface area contributed by atoms with Crippen LogP contribution in [-0.4, -0.2) is 49.4 Å². The molecule has 0 saturated heterocycles. The molecule has 0 fully saturated rings. The summed E-state index contributed by atoms with van der Waals surface area (Å²) in [6.07, 6.45) is 0. The van der Waals surface area contributed by atoms with E-state index in [1.807, 2.05) is 31.2 Å². The summed E-state index contributed by atoms with van der Waals surface area (Å²) in [5.74, 6) is 0.829. The molecule has 0 unspecified atom stereocenters. The first kappa shape index (κ1) is 14.3. The second-order valence-corrected chi connectivity index (χ2v) is 3.99. The molecule has 0 spiro atoms. The summed E-state index contributed by atoms with van der Waals surface area (Å²) in [5, 5.41) is 11.4. The van der Waals surface area contributed by atoms with Crippen LogP contribution >= 0.6 is 0 Å². The maximum Gasteiger partial charge on any atom is 0.317 e. The molecule has 0 saturated carbocycles. The average molecular weight is 252 g/mol. The molecule has 1 rings (SSSR count). The molecular formula is C13H20N2O3. The molecule has 18 heavy (non-hydrogen) atoms. The summed E-state index contributed by atoms with van der Waals surface area (Å²) in [6, 6.07) is 7.53. The van der Waals surface area contributed by atoms with Crippen molar-refractivity contribution in [3.63, 3.8) is 0 Å². The number of hydrogen-bond acceptors (Lipinski definition) is 3. The van der Waals surface area contributed by atoms with Crippen molar-refractivity contribution < 1.29 is 14.6 Å². The normalized spacial score (nSPS) is 9.94. The monoisotopic (exact) mass is 252 g/mol. The van der Waals surface area contributed by atoms with Gasteiger partial charge in [0.2, 0.25) is 0 Å². The van der Waals surface area contributed by atoms with Gasteiger partial charge in [-0.3, -0.25) is 0 Å². The quantitative estimate of drug-likeness (QED) is 0.743. The molecule has 0 aliphatic rings. The number of carbonyl (C=O) groups excluding carboxylic acids is 1. The third kappa shape index (κ3) is 4.63. The van der Waals surface area contributed by atoms with Crippen molar-refractivity contribution in [1.82, 2.24) is 10.2 Å². The third-order valence-electron chi connectivity index (χ3n) is 2.51. The number of hydrogen-bond donors (Lipinski definition) is 2. The van der Waals surface area contributed by atoms with Gasteiger partial charge in [0, 0.05) is 13.6 Å². The minimum Gasteiger partial charge on any atom is -0.491 e. The highest BCUT2D eigenvalue weighted by Gasteiger charge is 2.06. The van der Waals surface area contributed by atoms with Crippen LogP contribution in [0.15, 0.2) is 24.3 Å². The Morgan fingerprint density at radius 2 is 2.17 bits per heavy atom. The average Bonchev–Trinajstić information content (AvgIpc) is 2.36. The van der Waals surface area contributed by atoms with Crippen molar-refractivity contribution in [2.75, 3.05) is 33.4 Å². The van der Waals surface area contributed by atoms with Gasteiger partial charge in [-0.1, -0.05) is 18.2 Å². The Bertz CT molecular complexity index is 382. The fourth-order valence-corrected chi connectivity index (χ4v) is 1.42. The lowest BCUT2D eigenvalue weighted by atomic mass is 10.2. The number of urea groups is 1. The van der Waals surface area contributed by atoms with E-state index in [4.69, 9.17) is 9.84 Å². The second kappa shape index (κ2) is 7.55. The van der Waals surface area contributed by atoms with Gasteiger partial charge in [-0.2, -0.15) is 0 Å². The lowest BCUT2D eigenvalue weighted by Gasteiger charge is -2.16. The topological polar surface area (TPSA) is 61.8 Å². The molecule has 0 aliphatic heterocycles. The summed E-state index contributed by atoms with van der Waals surface area (Å²) < 4.78 is 5.54. The van der Waals surface area contributed by atoms with Gasteiger partial charge in [0.05, 0.1) is 13.2 Å². The lowest BCUT2D eigenvalue weighted by Crippen LogP contribution is -2.40. The highest BCUT2D eigenvalue weighted by molar-refractivity contribution is 5.73. The van der Waals surface area contributed by atoms with Crippen LogP contribution in [0.4, 0.5) is 4.79 Å². The number of aliphatic hydroxyl groups excluding tert-OH is 1. The highest BCUT2D eigenvalue weighted by Crippen LogP contribution is 2.15. The Balaban J connectivity index is 2.23. The number of amides is 2. The molecule has 5 nitrogen and oxygen atoms in total. The van der Waals surface area contributed by atoms with E-state index in [1.165, 1.54) is 4.90 Å². The number of benzene rings is 1. The van der Waals surface area contributed by atoms with Crippen molar-refractivity contribution >= 4 is 6.03 Å². The Hall–Kier alpha value is -1.75. The predicted molar refractivity (Wildman–Crippen MR) is 69.8 cm³/mol. The van der Waals surface area contributed by atoms with Gasteiger partial charge < -0.3 is 20.1 Å². The smallest absolute Gasteiger partial charge is 0.317 e. The van der Waals surface area contributed by atoms with Gasteiger partial charge in [-0.15, -0.1) is 0 Å². The van der Waals surface area contributed by atoms with E-state index >= 15 is 0 Å². The first-order valence-electron chi connectivity index (χ1n) is 5.93. The van der Waals surface area contributed by atoms with Crippen molar-refractivity contribution in [3.05, 3.63) is 29.8 Å². The molecule has 2 amide bonds. The Morgan fingerprint density at radius 1 is 1.44 bits per heavy atom. The fraction of sp³-hybridized carbons (Fsp3) is 0.462. The molecule has 2 N–H and O–H groups in total. The summed E-state index contributed by atoms with van der Waals surface area (Å²) in [5.41, 5.74) is 1.07. The number of likely N-dealkylation sites (N-methyl/N-ethyl adjacent to an activating group) is 1. The van der Waals surface area contributed by atoms with E-state index in [2.05, 4.69) is 5.32 Å².